The van der Waals surface area contributed by atoms with Crippen LogP contribution in [0, 0.1) is 0 Å². The lowest BCUT2D eigenvalue weighted by Gasteiger charge is -2.14. The molecule has 2 N–H and O–H groups in total. The molecule has 1 aromatic heterocycles. The molecule has 0 aliphatic carbocycles. The highest BCUT2D eigenvalue weighted by Gasteiger charge is 2.20. The molecule has 0 radical (unpaired) electrons. The van der Waals surface area contributed by atoms with E-state index in [1.165, 1.54) is 11.8 Å². The first-order valence-corrected chi connectivity index (χ1v) is 8.56. The van der Waals surface area contributed by atoms with Gasteiger partial charge in [-0.2, -0.15) is 5.10 Å². The lowest BCUT2D eigenvalue weighted by atomic mass is 10.2. The van der Waals surface area contributed by atoms with Gasteiger partial charge in [0.1, 0.15) is 12.6 Å². The van der Waals surface area contributed by atoms with Crippen LogP contribution in [0.1, 0.15) is 12.0 Å². The largest absolute Gasteiger partial charge is 0.480 e. The lowest BCUT2D eigenvalue weighted by molar-refractivity contribution is -0.139. The molecule has 1 unspecified atom stereocenters. The maximum absolute atomic E-state index is 11.7. The molecule has 0 saturated heterocycles. The van der Waals surface area contributed by atoms with Gasteiger partial charge in [0.2, 0.25) is 0 Å². The Balaban J connectivity index is 1.69. The molecule has 0 aliphatic rings. The molecular formula is C16H19N3O4S. The summed E-state index contributed by atoms with van der Waals surface area (Å²) in [6.45, 7) is 0.104. The topological polar surface area (TPSA) is 93.5 Å². The standard InChI is InChI=1S/C16H19N3O4S/c20-15(21)14(7-10-24-12-19-9-4-8-17-19)18-16(22)23-11-13-5-2-1-3-6-13/h1-6,8-9,14H,7,10-12H2,(H,18,22)(H,20,21). The van der Waals surface area contributed by atoms with E-state index < -0.39 is 18.1 Å². The van der Waals surface area contributed by atoms with E-state index in [1.807, 2.05) is 42.6 Å². The minimum Gasteiger partial charge on any atom is -0.480 e. The average molecular weight is 349 g/mol. The first-order valence-electron chi connectivity index (χ1n) is 7.40. The number of amides is 1. The maximum atomic E-state index is 11.7. The van der Waals surface area contributed by atoms with Gasteiger partial charge in [0.15, 0.2) is 0 Å². The summed E-state index contributed by atoms with van der Waals surface area (Å²) in [5.41, 5.74) is 0.842. The monoisotopic (exact) mass is 349 g/mol. The number of carboxylic acids is 1. The first kappa shape index (κ1) is 17.9. The number of carbonyl (C=O) groups excluding carboxylic acids is 1. The predicted molar refractivity (Wildman–Crippen MR) is 90.5 cm³/mol. The van der Waals surface area contributed by atoms with Crippen molar-refractivity contribution in [2.24, 2.45) is 0 Å². The van der Waals surface area contributed by atoms with Gasteiger partial charge in [0.05, 0.1) is 5.88 Å². The molecular weight excluding hydrogens is 330 g/mol. The van der Waals surface area contributed by atoms with Crippen LogP contribution < -0.4 is 5.32 Å². The smallest absolute Gasteiger partial charge is 0.408 e. The molecule has 0 bridgehead atoms. The normalized spacial score (nSPS) is 11.7. The Bertz CT molecular complexity index is 634. The van der Waals surface area contributed by atoms with Crippen molar-refractivity contribution in [1.82, 2.24) is 15.1 Å². The fourth-order valence-electron chi connectivity index (χ4n) is 1.90. The second-order valence-corrected chi connectivity index (χ2v) is 6.04. The number of hydrogen-bond donors (Lipinski definition) is 2. The minimum atomic E-state index is -1.08. The molecule has 2 aromatic rings. The first-order chi connectivity index (χ1) is 11.6. The quantitative estimate of drug-likeness (QED) is 0.675. The summed E-state index contributed by atoms with van der Waals surface area (Å²) < 4.78 is 6.79. The Morgan fingerprint density at radius 2 is 2.08 bits per heavy atom. The number of rotatable bonds is 9. The van der Waals surface area contributed by atoms with E-state index in [4.69, 9.17) is 4.74 Å². The Labute approximate surface area is 144 Å². The summed E-state index contributed by atoms with van der Waals surface area (Å²) in [6, 6.07) is 10.1. The highest BCUT2D eigenvalue weighted by Crippen LogP contribution is 2.08. The van der Waals surface area contributed by atoms with E-state index in [0.717, 1.165) is 5.56 Å². The highest BCUT2D eigenvalue weighted by atomic mass is 32.2. The fraction of sp³-hybridized carbons (Fsp3) is 0.312. The van der Waals surface area contributed by atoms with E-state index in [0.29, 0.717) is 18.1 Å². The van der Waals surface area contributed by atoms with Gasteiger partial charge in [-0.25, -0.2) is 9.59 Å². The van der Waals surface area contributed by atoms with E-state index in [2.05, 4.69) is 10.4 Å². The zero-order valence-corrected chi connectivity index (χ0v) is 13.8. The molecule has 24 heavy (non-hydrogen) atoms. The Hall–Kier alpha value is -2.48. The third-order valence-electron chi connectivity index (χ3n) is 3.14. The summed E-state index contributed by atoms with van der Waals surface area (Å²) in [5, 5.41) is 15.6. The van der Waals surface area contributed by atoms with Gasteiger partial charge < -0.3 is 15.2 Å². The SMILES string of the molecule is O=C(NC(CCSCn1cccn1)C(=O)O)OCc1ccccc1. The molecule has 1 atom stereocenters. The Kier molecular flexibility index (Phi) is 7.16. The maximum Gasteiger partial charge on any atom is 0.408 e. The molecule has 1 heterocycles. The van der Waals surface area contributed by atoms with Crippen LogP contribution in [0.5, 0.6) is 0 Å². The van der Waals surface area contributed by atoms with Crippen LogP contribution >= 0.6 is 11.8 Å². The van der Waals surface area contributed by atoms with Gasteiger partial charge in [-0.15, -0.1) is 11.8 Å². The molecule has 0 saturated carbocycles. The number of nitrogens with one attached hydrogen (secondary N) is 1. The van der Waals surface area contributed by atoms with Crippen molar-refractivity contribution in [2.45, 2.75) is 24.9 Å². The van der Waals surface area contributed by atoms with Crippen LogP contribution in [0.25, 0.3) is 0 Å². The third kappa shape index (κ3) is 6.33. The van der Waals surface area contributed by atoms with E-state index >= 15 is 0 Å². The van der Waals surface area contributed by atoms with Gasteiger partial charge in [-0.05, 0) is 23.8 Å². The molecule has 0 aliphatic heterocycles. The summed E-state index contributed by atoms with van der Waals surface area (Å²) in [4.78, 5) is 23.0. The van der Waals surface area contributed by atoms with Crippen LogP contribution in [-0.2, 0) is 22.0 Å². The zero-order valence-electron chi connectivity index (χ0n) is 13.0. The number of hydrogen-bond acceptors (Lipinski definition) is 5. The van der Waals surface area contributed by atoms with Crippen molar-refractivity contribution in [1.29, 1.82) is 0 Å². The van der Waals surface area contributed by atoms with Gasteiger partial charge in [0, 0.05) is 12.4 Å². The summed E-state index contributed by atoms with van der Waals surface area (Å²) in [6.07, 6.45) is 3.09. The average Bonchev–Trinajstić information content (AvgIpc) is 3.10. The number of nitrogens with zero attached hydrogens (tertiary/aromatic N) is 2. The minimum absolute atomic E-state index is 0.104. The number of benzene rings is 1. The van der Waals surface area contributed by atoms with Crippen molar-refractivity contribution in [3.05, 3.63) is 54.4 Å². The second-order valence-electron chi connectivity index (χ2n) is 4.97. The van der Waals surface area contributed by atoms with Gasteiger partial charge in [-0.1, -0.05) is 30.3 Å². The van der Waals surface area contributed by atoms with E-state index in [1.54, 1.807) is 10.9 Å². The number of thioether (sulfide) groups is 1. The van der Waals surface area contributed by atoms with Crippen molar-refractivity contribution >= 4 is 23.8 Å². The lowest BCUT2D eigenvalue weighted by Crippen LogP contribution is -2.41. The third-order valence-corrected chi connectivity index (χ3v) is 4.11. The molecule has 1 amide bonds. The van der Waals surface area contributed by atoms with Crippen LogP contribution in [0.4, 0.5) is 4.79 Å². The van der Waals surface area contributed by atoms with Crippen molar-refractivity contribution in [3.63, 3.8) is 0 Å². The Morgan fingerprint density at radius 3 is 2.75 bits per heavy atom. The number of carbonyl (C=O) groups is 2. The van der Waals surface area contributed by atoms with Gasteiger partial charge in [-0.3, -0.25) is 4.68 Å². The highest BCUT2D eigenvalue weighted by molar-refractivity contribution is 7.98. The van der Waals surface area contributed by atoms with Crippen molar-refractivity contribution < 1.29 is 19.4 Å². The van der Waals surface area contributed by atoms with Crippen LogP contribution in [-0.4, -0.2) is 38.7 Å². The van der Waals surface area contributed by atoms with Crippen molar-refractivity contribution in [2.75, 3.05) is 5.75 Å². The fourth-order valence-corrected chi connectivity index (χ4v) is 2.77. The molecule has 128 valence electrons. The van der Waals surface area contributed by atoms with Gasteiger partial charge in [0.25, 0.3) is 0 Å². The van der Waals surface area contributed by atoms with Crippen LogP contribution in [0.3, 0.4) is 0 Å². The van der Waals surface area contributed by atoms with Gasteiger partial charge >= 0.3 is 12.1 Å². The zero-order chi connectivity index (χ0) is 17.2. The van der Waals surface area contributed by atoms with Crippen LogP contribution in [0.15, 0.2) is 48.8 Å². The second kappa shape index (κ2) is 9.61. The summed E-state index contributed by atoms with van der Waals surface area (Å²) in [7, 11) is 0. The van der Waals surface area contributed by atoms with E-state index in [-0.39, 0.29) is 6.61 Å². The number of aromatic nitrogens is 2. The molecule has 2 rings (SSSR count). The van der Waals surface area contributed by atoms with Crippen LogP contribution in [0.2, 0.25) is 0 Å². The number of carboxylic acid groups (broad SMARTS) is 1. The van der Waals surface area contributed by atoms with Crippen molar-refractivity contribution in [3.8, 4) is 0 Å². The molecule has 8 heteroatoms. The summed E-state index contributed by atoms with van der Waals surface area (Å²) in [5.74, 6) is 0.138. The molecule has 1 aromatic carbocycles. The number of aliphatic carboxylic acids is 1. The molecule has 0 spiro atoms. The Morgan fingerprint density at radius 1 is 1.29 bits per heavy atom. The number of ether oxygens (including phenoxy) is 1. The number of alkyl carbamates (subject to hydrolysis) is 1. The predicted octanol–water partition coefficient (Wildman–Crippen LogP) is 2.34. The van der Waals surface area contributed by atoms with E-state index in [9.17, 15) is 14.7 Å². The molecule has 0 fully saturated rings. The molecule has 7 nitrogen and oxygen atoms in total. The summed E-state index contributed by atoms with van der Waals surface area (Å²) >= 11 is 1.54.